The van der Waals surface area contributed by atoms with E-state index in [2.05, 4.69) is 36.9 Å². The highest BCUT2D eigenvalue weighted by Gasteiger charge is 2.34. The molecule has 0 unspecified atom stereocenters. The van der Waals surface area contributed by atoms with E-state index in [1.54, 1.807) is 18.2 Å². The number of amides is 1. The van der Waals surface area contributed by atoms with Crippen molar-refractivity contribution < 1.29 is 13.9 Å². The maximum Gasteiger partial charge on any atom is 0.257 e. The van der Waals surface area contributed by atoms with Gasteiger partial charge < -0.3 is 9.64 Å². The molecule has 1 saturated heterocycles. The van der Waals surface area contributed by atoms with Gasteiger partial charge in [0.25, 0.3) is 5.91 Å². The molecule has 1 atom stereocenters. The first-order chi connectivity index (χ1) is 17.9. The summed E-state index contributed by atoms with van der Waals surface area (Å²) < 4.78 is 19.6. The van der Waals surface area contributed by atoms with Crippen LogP contribution in [0.5, 0.6) is 5.75 Å². The zero-order valence-corrected chi connectivity index (χ0v) is 21.7. The van der Waals surface area contributed by atoms with E-state index in [1.807, 2.05) is 41.3 Å². The maximum absolute atomic E-state index is 14.2. The average Bonchev–Trinajstić information content (AvgIpc) is 3.36. The van der Waals surface area contributed by atoms with Gasteiger partial charge in [0.05, 0.1) is 31.1 Å². The summed E-state index contributed by atoms with van der Waals surface area (Å²) >= 11 is 0. The molecule has 2 heterocycles. The number of nitrogens with zero attached hydrogens (tertiary/aromatic N) is 4. The summed E-state index contributed by atoms with van der Waals surface area (Å²) in [4.78, 5) is 17.8. The molecule has 0 bridgehead atoms. The van der Waals surface area contributed by atoms with Crippen LogP contribution in [0.1, 0.15) is 34.7 Å². The molecule has 2 aliphatic rings. The van der Waals surface area contributed by atoms with Gasteiger partial charge in [-0.1, -0.05) is 42.0 Å². The molecule has 0 saturated carbocycles. The van der Waals surface area contributed by atoms with Gasteiger partial charge in [-0.3, -0.25) is 9.69 Å². The Morgan fingerprint density at radius 3 is 2.43 bits per heavy atom. The minimum absolute atomic E-state index is 0.0273. The molecule has 2 aliphatic heterocycles. The van der Waals surface area contributed by atoms with E-state index < -0.39 is 0 Å². The number of ether oxygens (including phenoxy) is 1. The van der Waals surface area contributed by atoms with Gasteiger partial charge in [-0.25, -0.2) is 9.40 Å². The third kappa shape index (κ3) is 5.37. The average molecular weight is 501 g/mol. The number of carbonyl (C=O) groups is 1. The van der Waals surface area contributed by atoms with E-state index in [-0.39, 0.29) is 24.3 Å². The number of hydrazone groups is 1. The summed E-state index contributed by atoms with van der Waals surface area (Å²) in [6.45, 7) is 7.16. The van der Waals surface area contributed by atoms with Crippen LogP contribution < -0.4 is 9.64 Å². The fourth-order valence-electron chi connectivity index (χ4n) is 5.15. The predicted octanol–water partition coefficient (Wildman–Crippen LogP) is 4.95. The molecule has 0 radical (unpaired) electrons. The van der Waals surface area contributed by atoms with Crippen molar-refractivity contribution in [1.29, 1.82) is 0 Å². The van der Waals surface area contributed by atoms with E-state index in [9.17, 15) is 9.18 Å². The SMILES string of the molecule is COc1ccc([C@@H]2CC(c3cc(C)ccc3C)=NN2C(=O)CN2CCN(c3ccccc3F)CC2)cc1. The zero-order valence-electron chi connectivity index (χ0n) is 21.7. The Bertz CT molecular complexity index is 1300. The van der Waals surface area contributed by atoms with Crippen molar-refractivity contribution in [2.24, 2.45) is 5.10 Å². The molecule has 0 aliphatic carbocycles. The molecule has 192 valence electrons. The largest absolute Gasteiger partial charge is 0.497 e. The standard InChI is InChI=1S/C30H33FN4O2/c1-21-8-9-22(2)25(18-21)27-19-29(23-10-12-24(37-3)13-11-23)35(32-27)30(36)20-33-14-16-34(17-15-33)28-7-5-4-6-26(28)31/h4-13,18,29H,14-17,19-20H2,1-3H3/t29-/m0/s1. The van der Waals surface area contributed by atoms with Crippen molar-refractivity contribution >= 4 is 17.3 Å². The first kappa shape index (κ1) is 25.0. The van der Waals surface area contributed by atoms with Crippen LogP contribution in [0.2, 0.25) is 0 Å². The fourth-order valence-corrected chi connectivity index (χ4v) is 5.15. The van der Waals surface area contributed by atoms with Crippen LogP contribution in [0.15, 0.2) is 71.8 Å². The summed E-state index contributed by atoms with van der Waals surface area (Å²) in [5.41, 5.74) is 5.99. The molecule has 3 aromatic carbocycles. The Kier molecular flexibility index (Phi) is 7.24. The lowest BCUT2D eigenvalue weighted by molar-refractivity contribution is -0.134. The van der Waals surface area contributed by atoms with Crippen molar-refractivity contribution in [3.05, 3.63) is 94.8 Å². The Morgan fingerprint density at radius 2 is 1.73 bits per heavy atom. The number of carbonyl (C=O) groups excluding carboxylic acids is 1. The van der Waals surface area contributed by atoms with Crippen LogP contribution in [0, 0.1) is 19.7 Å². The van der Waals surface area contributed by atoms with Crippen molar-refractivity contribution in [3.63, 3.8) is 0 Å². The number of rotatable bonds is 6. The van der Waals surface area contributed by atoms with E-state index in [1.165, 1.54) is 11.6 Å². The second-order valence-electron chi connectivity index (χ2n) is 9.81. The lowest BCUT2D eigenvalue weighted by Crippen LogP contribution is -2.49. The summed E-state index contributed by atoms with van der Waals surface area (Å²) in [5.74, 6) is 0.545. The number of hydrogen-bond acceptors (Lipinski definition) is 5. The number of anilines is 1. The lowest BCUT2D eigenvalue weighted by Gasteiger charge is -2.36. The van der Waals surface area contributed by atoms with Crippen molar-refractivity contribution in [2.75, 3.05) is 44.7 Å². The van der Waals surface area contributed by atoms with E-state index in [0.29, 0.717) is 38.3 Å². The number of para-hydroxylation sites is 1. The Labute approximate surface area is 217 Å². The van der Waals surface area contributed by atoms with E-state index >= 15 is 0 Å². The third-order valence-electron chi connectivity index (χ3n) is 7.29. The normalized spacial score (nSPS) is 18.2. The second kappa shape index (κ2) is 10.7. The Balaban J connectivity index is 1.34. The summed E-state index contributed by atoms with van der Waals surface area (Å²) in [7, 11) is 1.65. The summed E-state index contributed by atoms with van der Waals surface area (Å²) in [5, 5.41) is 6.55. The highest BCUT2D eigenvalue weighted by atomic mass is 19.1. The summed E-state index contributed by atoms with van der Waals surface area (Å²) in [6.07, 6.45) is 0.656. The molecule has 0 spiro atoms. The molecular formula is C30H33FN4O2. The molecule has 0 N–H and O–H groups in total. The van der Waals surface area contributed by atoms with Gasteiger partial charge in [0.2, 0.25) is 0 Å². The van der Waals surface area contributed by atoms with Gasteiger partial charge in [-0.2, -0.15) is 5.10 Å². The quantitative estimate of drug-likeness (QED) is 0.481. The highest BCUT2D eigenvalue weighted by Crippen LogP contribution is 2.34. The van der Waals surface area contributed by atoms with Gasteiger partial charge in [0.1, 0.15) is 11.6 Å². The van der Waals surface area contributed by atoms with Crippen LogP contribution in [-0.4, -0.2) is 61.4 Å². The molecular weight excluding hydrogens is 467 g/mol. The molecule has 3 aromatic rings. The first-order valence-corrected chi connectivity index (χ1v) is 12.8. The molecule has 1 amide bonds. The molecule has 1 fully saturated rings. The van der Waals surface area contributed by atoms with Crippen molar-refractivity contribution in [2.45, 2.75) is 26.3 Å². The molecule has 5 rings (SSSR count). The lowest BCUT2D eigenvalue weighted by atomic mass is 9.95. The summed E-state index contributed by atoms with van der Waals surface area (Å²) in [6, 6.07) is 20.9. The molecule has 37 heavy (non-hydrogen) atoms. The van der Waals surface area contributed by atoms with E-state index in [4.69, 9.17) is 9.84 Å². The smallest absolute Gasteiger partial charge is 0.257 e. The number of benzene rings is 3. The van der Waals surface area contributed by atoms with Gasteiger partial charge in [0.15, 0.2) is 0 Å². The monoisotopic (exact) mass is 500 g/mol. The number of halogens is 1. The van der Waals surface area contributed by atoms with Gasteiger partial charge in [-0.05, 0) is 55.3 Å². The second-order valence-corrected chi connectivity index (χ2v) is 9.81. The van der Waals surface area contributed by atoms with Gasteiger partial charge in [-0.15, -0.1) is 0 Å². The van der Waals surface area contributed by atoms with Gasteiger partial charge in [0, 0.05) is 38.2 Å². The van der Waals surface area contributed by atoms with Crippen LogP contribution in [-0.2, 0) is 4.79 Å². The van der Waals surface area contributed by atoms with Gasteiger partial charge >= 0.3 is 0 Å². The number of aryl methyl sites for hydroxylation is 2. The van der Waals surface area contributed by atoms with Crippen LogP contribution >= 0.6 is 0 Å². The van der Waals surface area contributed by atoms with Crippen LogP contribution in [0.25, 0.3) is 0 Å². The molecule has 0 aromatic heterocycles. The Hall–Kier alpha value is -3.71. The fraction of sp³-hybridized carbons (Fsp3) is 0.333. The number of methoxy groups -OCH3 is 1. The molecule has 6 nitrogen and oxygen atoms in total. The molecule has 7 heteroatoms. The maximum atomic E-state index is 14.2. The number of hydrogen-bond donors (Lipinski definition) is 0. The minimum Gasteiger partial charge on any atom is -0.497 e. The van der Waals surface area contributed by atoms with E-state index in [0.717, 1.165) is 28.2 Å². The van der Waals surface area contributed by atoms with Crippen LogP contribution in [0.4, 0.5) is 10.1 Å². The minimum atomic E-state index is -0.209. The third-order valence-corrected chi connectivity index (χ3v) is 7.29. The predicted molar refractivity (Wildman–Crippen MR) is 145 cm³/mol. The van der Waals surface area contributed by atoms with Crippen molar-refractivity contribution in [3.8, 4) is 5.75 Å². The van der Waals surface area contributed by atoms with Crippen molar-refractivity contribution in [1.82, 2.24) is 9.91 Å². The Morgan fingerprint density at radius 1 is 1.00 bits per heavy atom. The first-order valence-electron chi connectivity index (χ1n) is 12.8. The highest BCUT2D eigenvalue weighted by molar-refractivity contribution is 6.04. The number of piperazine rings is 1. The zero-order chi connectivity index (χ0) is 25.9. The topological polar surface area (TPSA) is 48.4 Å². The van der Waals surface area contributed by atoms with Crippen LogP contribution in [0.3, 0.4) is 0 Å².